The average molecular weight is 264 g/mol. The molecule has 106 valence electrons. The van der Waals surface area contributed by atoms with Crippen LogP contribution in [0.3, 0.4) is 0 Å². The number of amides is 2. The van der Waals surface area contributed by atoms with Gasteiger partial charge in [-0.2, -0.15) is 0 Å². The van der Waals surface area contributed by atoms with Crippen LogP contribution in [0.4, 0.5) is 4.79 Å². The maximum atomic E-state index is 11.8. The van der Waals surface area contributed by atoms with E-state index in [1.807, 2.05) is 37.3 Å². The number of hydrogen-bond acceptors (Lipinski definition) is 2. The second kappa shape index (κ2) is 8.53. The summed E-state index contributed by atoms with van der Waals surface area (Å²) in [6, 6.07) is 9.74. The Bertz CT molecular complexity index is 366. The summed E-state index contributed by atoms with van der Waals surface area (Å²) in [5.41, 5.74) is 1.09. The molecule has 2 N–H and O–H groups in total. The summed E-state index contributed by atoms with van der Waals surface area (Å²) in [5.74, 6) is 0.342. The Kier molecular flexibility index (Phi) is 6.97. The van der Waals surface area contributed by atoms with Crippen LogP contribution in [0.5, 0.6) is 0 Å². The van der Waals surface area contributed by atoms with Crippen molar-refractivity contribution in [2.75, 3.05) is 13.2 Å². The molecule has 0 heterocycles. The van der Waals surface area contributed by atoms with E-state index in [9.17, 15) is 4.79 Å². The van der Waals surface area contributed by atoms with E-state index in [2.05, 4.69) is 24.5 Å². The zero-order chi connectivity index (χ0) is 14.1. The molecule has 0 radical (unpaired) electrons. The number of benzene rings is 1. The average Bonchev–Trinajstić information content (AvgIpc) is 2.42. The molecule has 4 nitrogen and oxygen atoms in total. The van der Waals surface area contributed by atoms with Gasteiger partial charge < -0.3 is 15.4 Å². The van der Waals surface area contributed by atoms with Crippen molar-refractivity contribution in [1.29, 1.82) is 0 Å². The lowest BCUT2D eigenvalue weighted by molar-refractivity contribution is 0.110. The maximum absolute atomic E-state index is 11.8. The minimum Gasteiger partial charge on any atom is -0.380 e. The highest BCUT2D eigenvalue weighted by Gasteiger charge is 2.15. The predicted molar refractivity (Wildman–Crippen MR) is 76.9 cm³/mol. The van der Waals surface area contributed by atoms with Gasteiger partial charge in [-0.25, -0.2) is 4.79 Å². The summed E-state index contributed by atoms with van der Waals surface area (Å²) < 4.78 is 5.38. The standard InChI is InChI=1S/C15H24N2O2/c1-4-19-11-14(12(2)3)17-15(18)16-10-13-8-6-5-7-9-13/h5-9,12,14H,4,10-11H2,1-3H3,(H2,16,17,18). The zero-order valence-electron chi connectivity index (χ0n) is 12.0. The van der Waals surface area contributed by atoms with Crippen LogP contribution in [0.25, 0.3) is 0 Å². The largest absolute Gasteiger partial charge is 0.380 e. The summed E-state index contributed by atoms with van der Waals surface area (Å²) in [5, 5.41) is 5.80. The summed E-state index contributed by atoms with van der Waals surface area (Å²) in [4.78, 5) is 11.8. The molecule has 1 rings (SSSR count). The minimum absolute atomic E-state index is 0.0377. The third-order valence-corrected chi connectivity index (χ3v) is 2.92. The van der Waals surface area contributed by atoms with Gasteiger partial charge in [0, 0.05) is 13.2 Å². The summed E-state index contributed by atoms with van der Waals surface area (Å²) in [6.45, 7) is 7.84. The van der Waals surface area contributed by atoms with Crippen molar-refractivity contribution in [3.8, 4) is 0 Å². The molecule has 0 saturated heterocycles. The summed E-state index contributed by atoms with van der Waals surface area (Å²) in [6.07, 6.45) is 0. The van der Waals surface area contributed by atoms with Gasteiger partial charge in [-0.15, -0.1) is 0 Å². The normalized spacial score (nSPS) is 12.2. The van der Waals surface area contributed by atoms with Crippen LogP contribution in [-0.2, 0) is 11.3 Å². The monoisotopic (exact) mass is 264 g/mol. The second-order valence-corrected chi connectivity index (χ2v) is 4.82. The first-order valence-corrected chi connectivity index (χ1v) is 6.79. The molecule has 0 aromatic heterocycles. The molecule has 0 fully saturated rings. The van der Waals surface area contributed by atoms with Gasteiger partial charge >= 0.3 is 6.03 Å². The molecule has 0 aliphatic carbocycles. The van der Waals surface area contributed by atoms with Crippen LogP contribution in [-0.4, -0.2) is 25.3 Å². The molecule has 1 unspecified atom stereocenters. The van der Waals surface area contributed by atoms with Crippen molar-refractivity contribution in [3.63, 3.8) is 0 Å². The lowest BCUT2D eigenvalue weighted by Gasteiger charge is -2.22. The first-order valence-electron chi connectivity index (χ1n) is 6.79. The molecule has 0 spiro atoms. The van der Waals surface area contributed by atoms with Crippen LogP contribution >= 0.6 is 0 Å². The van der Waals surface area contributed by atoms with Crippen LogP contribution in [0.1, 0.15) is 26.3 Å². The van der Waals surface area contributed by atoms with Crippen molar-refractivity contribution in [1.82, 2.24) is 10.6 Å². The van der Waals surface area contributed by atoms with Crippen molar-refractivity contribution in [2.24, 2.45) is 5.92 Å². The topological polar surface area (TPSA) is 50.4 Å². The van der Waals surface area contributed by atoms with E-state index in [0.717, 1.165) is 5.56 Å². The minimum atomic E-state index is -0.151. The number of urea groups is 1. The molecule has 0 aliphatic rings. The maximum Gasteiger partial charge on any atom is 0.315 e. The summed E-state index contributed by atoms with van der Waals surface area (Å²) >= 11 is 0. The number of nitrogens with one attached hydrogen (secondary N) is 2. The molecule has 4 heteroatoms. The van der Waals surface area contributed by atoms with Gasteiger partial charge in [0.25, 0.3) is 0 Å². The molecule has 1 aromatic rings. The number of carbonyl (C=O) groups excluding carboxylic acids is 1. The van der Waals surface area contributed by atoms with Crippen LogP contribution in [0.15, 0.2) is 30.3 Å². The Labute approximate surface area is 115 Å². The lowest BCUT2D eigenvalue weighted by atomic mass is 10.1. The Morgan fingerprint density at radius 1 is 1.26 bits per heavy atom. The molecule has 0 saturated carbocycles. The van der Waals surface area contributed by atoms with E-state index in [1.54, 1.807) is 0 Å². The van der Waals surface area contributed by atoms with Crippen LogP contribution in [0.2, 0.25) is 0 Å². The van der Waals surface area contributed by atoms with E-state index in [4.69, 9.17) is 4.74 Å². The van der Waals surface area contributed by atoms with Gasteiger partial charge in [-0.1, -0.05) is 44.2 Å². The molecule has 19 heavy (non-hydrogen) atoms. The summed E-state index contributed by atoms with van der Waals surface area (Å²) in [7, 11) is 0. The fourth-order valence-corrected chi connectivity index (χ4v) is 1.64. The van der Waals surface area contributed by atoms with Crippen molar-refractivity contribution >= 4 is 6.03 Å². The van der Waals surface area contributed by atoms with Crippen molar-refractivity contribution in [3.05, 3.63) is 35.9 Å². The molecule has 0 bridgehead atoms. The highest BCUT2D eigenvalue weighted by molar-refractivity contribution is 5.74. The van der Waals surface area contributed by atoms with E-state index in [1.165, 1.54) is 0 Å². The predicted octanol–water partition coefficient (Wildman–Crippen LogP) is 2.55. The van der Waals surface area contributed by atoms with E-state index >= 15 is 0 Å². The fourth-order valence-electron chi connectivity index (χ4n) is 1.64. The van der Waals surface area contributed by atoms with E-state index in [0.29, 0.717) is 25.7 Å². The van der Waals surface area contributed by atoms with Crippen molar-refractivity contribution in [2.45, 2.75) is 33.4 Å². The Morgan fingerprint density at radius 2 is 1.95 bits per heavy atom. The van der Waals surface area contributed by atoms with Gasteiger partial charge in [0.05, 0.1) is 12.6 Å². The van der Waals surface area contributed by atoms with Crippen molar-refractivity contribution < 1.29 is 9.53 Å². The smallest absolute Gasteiger partial charge is 0.315 e. The van der Waals surface area contributed by atoms with Gasteiger partial charge in [0.1, 0.15) is 0 Å². The Morgan fingerprint density at radius 3 is 2.53 bits per heavy atom. The van der Waals surface area contributed by atoms with Crippen LogP contribution < -0.4 is 10.6 Å². The quantitative estimate of drug-likeness (QED) is 0.795. The lowest BCUT2D eigenvalue weighted by Crippen LogP contribution is -2.46. The third kappa shape index (κ3) is 6.25. The fraction of sp³-hybridized carbons (Fsp3) is 0.533. The second-order valence-electron chi connectivity index (χ2n) is 4.82. The third-order valence-electron chi connectivity index (χ3n) is 2.92. The first-order chi connectivity index (χ1) is 9.13. The molecule has 1 aromatic carbocycles. The van der Waals surface area contributed by atoms with Gasteiger partial charge in [0.15, 0.2) is 0 Å². The van der Waals surface area contributed by atoms with Gasteiger partial charge in [-0.3, -0.25) is 0 Å². The molecule has 2 amide bonds. The zero-order valence-corrected chi connectivity index (χ0v) is 12.0. The van der Waals surface area contributed by atoms with E-state index in [-0.39, 0.29) is 12.1 Å². The Balaban J connectivity index is 2.36. The highest BCUT2D eigenvalue weighted by atomic mass is 16.5. The molecule has 0 aliphatic heterocycles. The molecular weight excluding hydrogens is 240 g/mol. The SMILES string of the molecule is CCOCC(NC(=O)NCc1ccccc1)C(C)C. The molecular formula is C15H24N2O2. The number of ether oxygens (including phenoxy) is 1. The highest BCUT2D eigenvalue weighted by Crippen LogP contribution is 2.02. The number of rotatable bonds is 7. The number of carbonyl (C=O) groups is 1. The van der Waals surface area contributed by atoms with Gasteiger partial charge in [0.2, 0.25) is 0 Å². The number of hydrogen-bond donors (Lipinski definition) is 2. The van der Waals surface area contributed by atoms with Crippen LogP contribution in [0, 0.1) is 5.92 Å². The molecule has 1 atom stereocenters. The Hall–Kier alpha value is -1.55. The van der Waals surface area contributed by atoms with Gasteiger partial charge in [-0.05, 0) is 18.4 Å². The first kappa shape index (κ1) is 15.5. The van der Waals surface area contributed by atoms with E-state index < -0.39 is 0 Å².